The van der Waals surface area contributed by atoms with Crippen molar-refractivity contribution in [2.75, 3.05) is 12.0 Å². The molecular formula is C8H13BrN2OS. The molecule has 13 heavy (non-hydrogen) atoms. The molecule has 0 aromatic carbocycles. The molecule has 5 heteroatoms. The third-order valence-electron chi connectivity index (χ3n) is 1.63. The van der Waals surface area contributed by atoms with E-state index in [4.69, 9.17) is 4.42 Å². The van der Waals surface area contributed by atoms with E-state index in [0.717, 1.165) is 24.5 Å². The summed E-state index contributed by atoms with van der Waals surface area (Å²) in [6.07, 6.45) is 3.89. The van der Waals surface area contributed by atoms with Gasteiger partial charge in [-0.05, 0) is 12.7 Å². The van der Waals surface area contributed by atoms with Crippen molar-refractivity contribution in [2.45, 2.75) is 24.6 Å². The topological polar surface area (TPSA) is 38.9 Å². The van der Waals surface area contributed by atoms with Gasteiger partial charge in [-0.15, -0.1) is 10.2 Å². The van der Waals surface area contributed by atoms with Gasteiger partial charge >= 0.3 is 0 Å². The zero-order valence-electron chi connectivity index (χ0n) is 7.79. The Labute approximate surface area is 90.8 Å². The van der Waals surface area contributed by atoms with Crippen LogP contribution in [0.3, 0.4) is 0 Å². The highest BCUT2D eigenvalue weighted by Crippen LogP contribution is 2.24. The smallest absolute Gasteiger partial charge is 0.230 e. The normalized spacial score (nSPS) is 13.2. The minimum atomic E-state index is 0.197. The average Bonchev–Trinajstić information content (AvgIpc) is 2.62. The number of hydrogen-bond acceptors (Lipinski definition) is 4. The monoisotopic (exact) mass is 264 g/mol. The SMILES string of the molecule is CCC(Br)c1nnc(CCSC)o1. The van der Waals surface area contributed by atoms with E-state index in [-0.39, 0.29) is 4.83 Å². The second-order valence-corrected chi connectivity index (χ2v) is 4.74. The van der Waals surface area contributed by atoms with Crippen molar-refractivity contribution in [2.24, 2.45) is 0 Å². The molecule has 0 spiro atoms. The van der Waals surface area contributed by atoms with Crippen molar-refractivity contribution in [3.8, 4) is 0 Å². The van der Waals surface area contributed by atoms with Crippen LogP contribution in [0.1, 0.15) is 30.0 Å². The highest BCUT2D eigenvalue weighted by molar-refractivity contribution is 9.09. The summed E-state index contributed by atoms with van der Waals surface area (Å²) in [5, 5.41) is 7.93. The largest absolute Gasteiger partial charge is 0.424 e. The number of hydrogen-bond donors (Lipinski definition) is 0. The number of alkyl halides is 1. The Morgan fingerprint density at radius 2 is 2.31 bits per heavy atom. The molecule has 0 N–H and O–H groups in total. The Hall–Kier alpha value is -0.0300. The van der Waals surface area contributed by atoms with E-state index in [2.05, 4.69) is 39.3 Å². The highest BCUT2D eigenvalue weighted by Gasteiger charge is 2.12. The first kappa shape index (κ1) is 11.0. The van der Waals surface area contributed by atoms with Crippen LogP contribution < -0.4 is 0 Å². The third-order valence-corrected chi connectivity index (χ3v) is 3.28. The van der Waals surface area contributed by atoms with Gasteiger partial charge in [-0.3, -0.25) is 0 Å². The van der Waals surface area contributed by atoms with E-state index in [9.17, 15) is 0 Å². The van der Waals surface area contributed by atoms with E-state index in [1.54, 1.807) is 11.8 Å². The Bertz CT molecular complexity index is 254. The van der Waals surface area contributed by atoms with Crippen LogP contribution in [-0.4, -0.2) is 22.2 Å². The van der Waals surface area contributed by atoms with Gasteiger partial charge in [0.05, 0.1) is 4.83 Å². The molecule has 0 saturated carbocycles. The molecule has 1 atom stereocenters. The molecule has 0 amide bonds. The molecule has 0 aliphatic heterocycles. The second-order valence-electron chi connectivity index (χ2n) is 2.65. The minimum absolute atomic E-state index is 0.197. The summed E-state index contributed by atoms with van der Waals surface area (Å²) in [6.45, 7) is 2.07. The quantitative estimate of drug-likeness (QED) is 0.767. The third kappa shape index (κ3) is 3.31. The first-order valence-corrected chi connectivity index (χ1v) is 6.54. The zero-order valence-corrected chi connectivity index (χ0v) is 10.2. The lowest BCUT2D eigenvalue weighted by molar-refractivity contribution is 0.451. The Morgan fingerprint density at radius 3 is 2.92 bits per heavy atom. The molecule has 0 radical (unpaired) electrons. The maximum Gasteiger partial charge on any atom is 0.230 e. The molecule has 74 valence electrons. The van der Waals surface area contributed by atoms with Crippen LogP contribution in [0.4, 0.5) is 0 Å². The fourth-order valence-corrected chi connectivity index (χ4v) is 1.42. The van der Waals surface area contributed by atoms with Gasteiger partial charge in [0.15, 0.2) is 0 Å². The number of thioether (sulfide) groups is 1. The summed E-state index contributed by atoms with van der Waals surface area (Å²) < 4.78 is 5.46. The summed E-state index contributed by atoms with van der Waals surface area (Å²) in [5.41, 5.74) is 0. The van der Waals surface area contributed by atoms with E-state index in [1.807, 2.05) is 0 Å². The Morgan fingerprint density at radius 1 is 1.54 bits per heavy atom. The molecule has 0 saturated heterocycles. The van der Waals surface area contributed by atoms with Gasteiger partial charge in [-0.1, -0.05) is 22.9 Å². The zero-order chi connectivity index (χ0) is 9.68. The number of nitrogens with zero attached hydrogens (tertiary/aromatic N) is 2. The summed E-state index contributed by atoms with van der Waals surface area (Å²) in [6, 6.07) is 0. The standard InChI is InChI=1S/C8H13BrN2OS/c1-3-6(9)8-11-10-7(12-8)4-5-13-2/h6H,3-5H2,1-2H3. The molecular weight excluding hydrogens is 252 g/mol. The van der Waals surface area contributed by atoms with Crippen LogP contribution in [0.2, 0.25) is 0 Å². The lowest BCUT2D eigenvalue weighted by Crippen LogP contribution is -1.87. The van der Waals surface area contributed by atoms with E-state index >= 15 is 0 Å². The van der Waals surface area contributed by atoms with Gasteiger partial charge < -0.3 is 4.42 Å². The summed E-state index contributed by atoms with van der Waals surface area (Å²) in [5.74, 6) is 2.46. The number of aryl methyl sites for hydroxylation is 1. The molecule has 0 aliphatic rings. The van der Waals surface area contributed by atoms with Gasteiger partial charge in [0.2, 0.25) is 11.8 Å². The van der Waals surface area contributed by atoms with Crippen LogP contribution >= 0.6 is 27.7 Å². The lowest BCUT2D eigenvalue weighted by atomic mass is 10.3. The predicted octanol–water partition coefficient (Wildman–Crippen LogP) is 2.82. The lowest BCUT2D eigenvalue weighted by Gasteiger charge is -1.97. The maximum atomic E-state index is 5.46. The van der Waals surface area contributed by atoms with Crippen molar-refractivity contribution < 1.29 is 4.42 Å². The molecule has 1 heterocycles. The van der Waals surface area contributed by atoms with Crippen molar-refractivity contribution in [1.29, 1.82) is 0 Å². The number of aromatic nitrogens is 2. The van der Waals surface area contributed by atoms with Crippen LogP contribution in [0.5, 0.6) is 0 Å². The fraction of sp³-hybridized carbons (Fsp3) is 0.750. The first-order chi connectivity index (χ1) is 6.27. The van der Waals surface area contributed by atoms with E-state index in [1.165, 1.54) is 0 Å². The van der Waals surface area contributed by atoms with Crippen LogP contribution in [0.15, 0.2) is 4.42 Å². The first-order valence-electron chi connectivity index (χ1n) is 4.23. The van der Waals surface area contributed by atoms with E-state index < -0.39 is 0 Å². The molecule has 0 bridgehead atoms. The van der Waals surface area contributed by atoms with Gasteiger partial charge in [-0.25, -0.2) is 0 Å². The van der Waals surface area contributed by atoms with E-state index in [0.29, 0.717) is 5.89 Å². The van der Waals surface area contributed by atoms with Gasteiger partial charge in [0.1, 0.15) is 0 Å². The van der Waals surface area contributed by atoms with Crippen molar-refractivity contribution in [3.05, 3.63) is 11.8 Å². The maximum absolute atomic E-state index is 5.46. The summed E-state index contributed by atoms with van der Waals surface area (Å²) >= 11 is 5.25. The second kappa shape index (κ2) is 5.65. The van der Waals surface area contributed by atoms with Gasteiger partial charge in [-0.2, -0.15) is 11.8 Å². The van der Waals surface area contributed by atoms with Crippen molar-refractivity contribution >= 4 is 27.7 Å². The number of rotatable bonds is 5. The molecule has 1 aromatic rings. The van der Waals surface area contributed by atoms with Crippen LogP contribution in [0, 0.1) is 0 Å². The summed E-state index contributed by atoms with van der Waals surface area (Å²) in [7, 11) is 0. The minimum Gasteiger partial charge on any atom is -0.424 e. The van der Waals surface area contributed by atoms with Crippen molar-refractivity contribution in [3.63, 3.8) is 0 Å². The Balaban J connectivity index is 2.53. The molecule has 0 aliphatic carbocycles. The molecule has 3 nitrogen and oxygen atoms in total. The highest BCUT2D eigenvalue weighted by atomic mass is 79.9. The average molecular weight is 265 g/mol. The predicted molar refractivity (Wildman–Crippen MR) is 58.3 cm³/mol. The molecule has 0 fully saturated rings. The Kier molecular flexibility index (Phi) is 4.80. The van der Waals surface area contributed by atoms with Crippen LogP contribution in [-0.2, 0) is 6.42 Å². The fourth-order valence-electron chi connectivity index (χ4n) is 0.858. The van der Waals surface area contributed by atoms with Gasteiger partial charge in [0, 0.05) is 12.2 Å². The molecule has 1 aromatic heterocycles. The molecule has 1 unspecified atom stereocenters. The van der Waals surface area contributed by atoms with Crippen molar-refractivity contribution in [1.82, 2.24) is 10.2 Å². The number of halogens is 1. The molecule has 1 rings (SSSR count). The van der Waals surface area contributed by atoms with Gasteiger partial charge in [0.25, 0.3) is 0 Å². The summed E-state index contributed by atoms with van der Waals surface area (Å²) in [4.78, 5) is 0.197. The van der Waals surface area contributed by atoms with Crippen LogP contribution in [0.25, 0.3) is 0 Å².